The fourth-order valence-electron chi connectivity index (χ4n) is 3.20. The standard InChI is InChI=1S/C20H24N2O4S/c1-22(2)20(24)18-8-13-7-12(5-6-17(13)27-18)19(23)21-14-9-15(25-3)11-16(10-14)26-4/h8-12H,5-7H2,1-4H3,(H,21,23)/t12-/m1/s1. The van der Waals surface area contributed by atoms with Crippen LogP contribution in [0, 0.1) is 5.92 Å². The SMILES string of the molecule is COc1cc(NC(=O)[C@@H]2CCc3sc(C(=O)N(C)C)cc3C2)cc(OC)c1. The summed E-state index contributed by atoms with van der Waals surface area (Å²) in [6, 6.07) is 7.24. The number of rotatable bonds is 5. The van der Waals surface area contributed by atoms with Crippen LogP contribution in [-0.4, -0.2) is 45.0 Å². The van der Waals surface area contributed by atoms with Crippen molar-refractivity contribution in [3.63, 3.8) is 0 Å². The lowest BCUT2D eigenvalue weighted by atomic mass is 9.87. The van der Waals surface area contributed by atoms with Gasteiger partial charge in [0.1, 0.15) is 11.5 Å². The van der Waals surface area contributed by atoms with E-state index in [1.165, 1.54) is 4.88 Å². The first-order chi connectivity index (χ1) is 12.9. The molecule has 1 aliphatic carbocycles. The molecule has 6 nitrogen and oxygen atoms in total. The number of carbonyl (C=O) groups excluding carboxylic acids is 2. The number of anilines is 1. The molecule has 0 bridgehead atoms. The van der Waals surface area contributed by atoms with Crippen LogP contribution in [0.15, 0.2) is 24.3 Å². The monoisotopic (exact) mass is 388 g/mol. The Morgan fingerprint density at radius 1 is 1.11 bits per heavy atom. The van der Waals surface area contributed by atoms with Gasteiger partial charge < -0.3 is 19.7 Å². The Balaban J connectivity index is 1.72. The Labute approximate surface area is 163 Å². The largest absolute Gasteiger partial charge is 0.497 e. The zero-order chi connectivity index (χ0) is 19.6. The van der Waals surface area contributed by atoms with Gasteiger partial charge in [0, 0.05) is 48.8 Å². The van der Waals surface area contributed by atoms with Gasteiger partial charge in [-0.1, -0.05) is 0 Å². The lowest BCUT2D eigenvalue weighted by Gasteiger charge is -2.21. The normalized spacial score (nSPS) is 15.6. The van der Waals surface area contributed by atoms with Gasteiger partial charge in [0.15, 0.2) is 0 Å². The molecule has 0 aliphatic heterocycles. The summed E-state index contributed by atoms with van der Waals surface area (Å²) in [7, 11) is 6.65. The second kappa shape index (κ2) is 8.00. The topological polar surface area (TPSA) is 67.9 Å². The average Bonchev–Trinajstić information content (AvgIpc) is 3.09. The van der Waals surface area contributed by atoms with Crippen molar-refractivity contribution in [2.24, 2.45) is 5.92 Å². The highest BCUT2D eigenvalue weighted by molar-refractivity contribution is 7.14. The third-order valence-electron chi connectivity index (χ3n) is 4.69. The zero-order valence-corrected chi connectivity index (χ0v) is 16.8. The molecule has 1 aromatic heterocycles. The number of hydrogen-bond donors (Lipinski definition) is 1. The van der Waals surface area contributed by atoms with Gasteiger partial charge >= 0.3 is 0 Å². The molecule has 1 aromatic carbocycles. The molecule has 2 aromatic rings. The van der Waals surface area contributed by atoms with Crippen LogP contribution < -0.4 is 14.8 Å². The van der Waals surface area contributed by atoms with Crippen LogP contribution in [0.1, 0.15) is 26.5 Å². The van der Waals surface area contributed by atoms with Crippen LogP contribution in [0.4, 0.5) is 5.69 Å². The predicted molar refractivity (Wildman–Crippen MR) is 106 cm³/mol. The second-order valence-electron chi connectivity index (χ2n) is 6.79. The van der Waals surface area contributed by atoms with Gasteiger partial charge in [0.25, 0.3) is 5.91 Å². The molecule has 2 amide bonds. The third kappa shape index (κ3) is 4.24. The maximum Gasteiger partial charge on any atom is 0.263 e. The molecule has 144 valence electrons. The van der Waals surface area contributed by atoms with Gasteiger partial charge in [0.2, 0.25) is 5.91 Å². The first-order valence-corrected chi connectivity index (χ1v) is 9.60. The van der Waals surface area contributed by atoms with Crippen LogP contribution in [0.2, 0.25) is 0 Å². The Bertz CT molecular complexity index is 837. The Morgan fingerprint density at radius 2 is 1.78 bits per heavy atom. The summed E-state index contributed by atoms with van der Waals surface area (Å²) in [6.45, 7) is 0. The molecule has 0 unspecified atom stereocenters. The highest BCUT2D eigenvalue weighted by atomic mass is 32.1. The minimum Gasteiger partial charge on any atom is -0.497 e. The highest BCUT2D eigenvalue weighted by Crippen LogP contribution is 2.34. The van der Waals surface area contributed by atoms with Crippen LogP contribution in [-0.2, 0) is 17.6 Å². The average molecular weight is 388 g/mol. The molecular weight excluding hydrogens is 364 g/mol. The van der Waals surface area contributed by atoms with E-state index in [2.05, 4.69) is 5.32 Å². The Hall–Kier alpha value is -2.54. The van der Waals surface area contributed by atoms with Crippen molar-refractivity contribution < 1.29 is 19.1 Å². The summed E-state index contributed by atoms with van der Waals surface area (Å²) in [5, 5.41) is 2.97. The summed E-state index contributed by atoms with van der Waals surface area (Å²) in [6.07, 6.45) is 2.25. The lowest BCUT2D eigenvalue weighted by Crippen LogP contribution is -2.27. The second-order valence-corrected chi connectivity index (χ2v) is 7.93. The van der Waals surface area contributed by atoms with E-state index in [0.29, 0.717) is 23.6 Å². The van der Waals surface area contributed by atoms with Crippen molar-refractivity contribution in [1.82, 2.24) is 4.90 Å². The number of amides is 2. The van der Waals surface area contributed by atoms with E-state index in [9.17, 15) is 9.59 Å². The number of nitrogens with one attached hydrogen (secondary N) is 1. The van der Waals surface area contributed by atoms with E-state index in [4.69, 9.17) is 9.47 Å². The number of ether oxygens (including phenoxy) is 2. The van der Waals surface area contributed by atoms with E-state index >= 15 is 0 Å². The van der Waals surface area contributed by atoms with E-state index < -0.39 is 0 Å². The molecule has 1 N–H and O–H groups in total. The number of benzene rings is 1. The molecule has 7 heteroatoms. The minimum atomic E-state index is -0.119. The summed E-state index contributed by atoms with van der Waals surface area (Å²) < 4.78 is 10.5. The van der Waals surface area contributed by atoms with Gasteiger partial charge in [-0.3, -0.25) is 9.59 Å². The summed E-state index contributed by atoms with van der Waals surface area (Å²) in [5.74, 6) is 1.12. The number of nitrogens with zero attached hydrogens (tertiary/aromatic N) is 1. The number of fused-ring (bicyclic) bond motifs is 1. The molecule has 27 heavy (non-hydrogen) atoms. The van der Waals surface area contributed by atoms with Gasteiger partial charge in [-0.05, 0) is 30.9 Å². The number of carbonyl (C=O) groups is 2. The first-order valence-electron chi connectivity index (χ1n) is 8.78. The predicted octanol–water partition coefficient (Wildman–Crippen LogP) is 3.21. The molecule has 0 radical (unpaired) electrons. The molecule has 0 fully saturated rings. The minimum absolute atomic E-state index is 0.0128. The number of aryl methyl sites for hydroxylation is 1. The Kier molecular flexibility index (Phi) is 5.70. The van der Waals surface area contributed by atoms with E-state index in [-0.39, 0.29) is 17.7 Å². The van der Waals surface area contributed by atoms with E-state index in [0.717, 1.165) is 23.3 Å². The number of thiophene rings is 1. The van der Waals surface area contributed by atoms with Crippen LogP contribution in [0.25, 0.3) is 0 Å². The van der Waals surface area contributed by atoms with Crippen molar-refractivity contribution in [3.8, 4) is 11.5 Å². The van der Waals surface area contributed by atoms with Crippen LogP contribution in [0.3, 0.4) is 0 Å². The fraction of sp³-hybridized carbons (Fsp3) is 0.400. The maximum absolute atomic E-state index is 12.8. The number of methoxy groups -OCH3 is 2. The zero-order valence-electron chi connectivity index (χ0n) is 16.0. The molecule has 0 saturated heterocycles. The molecule has 1 atom stereocenters. The molecule has 1 heterocycles. The third-order valence-corrected chi connectivity index (χ3v) is 5.91. The molecule has 1 aliphatic rings. The smallest absolute Gasteiger partial charge is 0.263 e. The Morgan fingerprint density at radius 3 is 2.37 bits per heavy atom. The molecular formula is C20H24N2O4S. The summed E-state index contributed by atoms with van der Waals surface area (Å²) in [4.78, 5) is 28.5. The van der Waals surface area contributed by atoms with Gasteiger partial charge in [0.05, 0.1) is 19.1 Å². The van der Waals surface area contributed by atoms with Crippen molar-refractivity contribution in [3.05, 3.63) is 39.6 Å². The first kappa shape index (κ1) is 19.2. The van der Waals surface area contributed by atoms with Gasteiger partial charge in [-0.15, -0.1) is 11.3 Å². The quantitative estimate of drug-likeness (QED) is 0.854. The van der Waals surface area contributed by atoms with E-state index in [1.54, 1.807) is 62.8 Å². The van der Waals surface area contributed by atoms with Crippen molar-refractivity contribution in [2.75, 3.05) is 33.6 Å². The fourth-order valence-corrected chi connectivity index (χ4v) is 4.43. The van der Waals surface area contributed by atoms with E-state index in [1.807, 2.05) is 6.07 Å². The van der Waals surface area contributed by atoms with Gasteiger partial charge in [-0.25, -0.2) is 0 Å². The lowest BCUT2D eigenvalue weighted by molar-refractivity contribution is -0.120. The summed E-state index contributed by atoms with van der Waals surface area (Å²) in [5.41, 5.74) is 1.76. The summed E-state index contributed by atoms with van der Waals surface area (Å²) >= 11 is 1.54. The maximum atomic E-state index is 12.8. The molecule has 3 rings (SSSR count). The van der Waals surface area contributed by atoms with Crippen LogP contribution >= 0.6 is 11.3 Å². The van der Waals surface area contributed by atoms with Crippen molar-refractivity contribution in [1.29, 1.82) is 0 Å². The van der Waals surface area contributed by atoms with Gasteiger partial charge in [-0.2, -0.15) is 0 Å². The van der Waals surface area contributed by atoms with Crippen LogP contribution in [0.5, 0.6) is 11.5 Å². The molecule has 0 saturated carbocycles. The molecule has 0 spiro atoms. The van der Waals surface area contributed by atoms with Crippen molar-refractivity contribution in [2.45, 2.75) is 19.3 Å². The highest BCUT2D eigenvalue weighted by Gasteiger charge is 2.28. The number of hydrogen-bond acceptors (Lipinski definition) is 5. The van der Waals surface area contributed by atoms with Crippen molar-refractivity contribution >= 4 is 28.8 Å².